The Bertz CT molecular complexity index is 918. The van der Waals surface area contributed by atoms with E-state index in [0.29, 0.717) is 0 Å². The Balaban J connectivity index is 0.00000300. The maximum Gasteiger partial charge on any atom is 0.191 e. The number of nitrogens with one attached hydrogen (secondary N) is 3. The molecule has 6 heteroatoms. The second kappa shape index (κ2) is 11.8. The molecule has 0 bridgehead atoms. The number of aromatic amines is 1. The third kappa shape index (κ3) is 6.75. The first-order valence-corrected chi connectivity index (χ1v) is 9.95. The first-order chi connectivity index (χ1) is 13.7. The Morgan fingerprint density at radius 1 is 1.07 bits per heavy atom. The summed E-state index contributed by atoms with van der Waals surface area (Å²) in [6.07, 6.45) is 3.05. The van der Waals surface area contributed by atoms with Crippen molar-refractivity contribution in [3.8, 4) is 0 Å². The van der Waals surface area contributed by atoms with Crippen LogP contribution in [-0.4, -0.2) is 43.0 Å². The van der Waals surface area contributed by atoms with Gasteiger partial charge >= 0.3 is 0 Å². The van der Waals surface area contributed by atoms with E-state index in [1.807, 2.05) is 7.05 Å². The van der Waals surface area contributed by atoms with Gasteiger partial charge in [0.15, 0.2) is 5.96 Å². The van der Waals surface area contributed by atoms with E-state index in [0.717, 1.165) is 38.6 Å². The van der Waals surface area contributed by atoms with E-state index in [4.69, 9.17) is 0 Å². The summed E-state index contributed by atoms with van der Waals surface area (Å²) < 4.78 is 0. The van der Waals surface area contributed by atoms with E-state index in [-0.39, 0.29) is 24.0 Å². The number of rotatable bonds is 8. The predicted molar refractivity (Wildman–Crippen MR) is 134 cm³/mol. The lowest BCUT2D eigenvalue weighted by molar-refractivity contribution is 0.345. The highest BCUT2D eigenvalue weighted by Crippen LogP contribution is 2.17. The number of fused-ring (bicyclic) bond motifs is 1. The van der Waals surface area contributed by atoms with Gasteiger partial charge in [0.1, 0.15) is 0 Å². The van der Waals surface area contributed by atoms with Crippen molar-refractivity contribution in [3.63, 3.8) is 0 Å². The number of guanidine groups is 1. The van der Waals surface area contributed by atoms with Gasteiger partial charge < -0.3 is 20.5 Å². The smallest absolute Gasteiger partial charge is 0.191 e. The fourth-order valence-electron chi connectivity index (χ4n) is 3.32. The normalized spacial score (nSPS) is 11.5. The van der Waals surface area contributed by atoms with Crippen LogP contribution in [0.25, 0.3) is 10.9 Å². The van der Waals surface area contributed by atoms with Crippen LogP contribution in [0.4, 0.5) is 0 Å². The fourth-order valence-corrected chi connectivity index (χ4v) is 3.32. The van der Waals surface area contributed by atoms with Crippen molar-refractivity contribution in [1.29, 1.82) is 0 Å². The van der Waals surface area contributed by atoms with E-state index < -0.39 is 0 Å². The topological polar surface area (TPSA) is 55.4 Å². The van der Waals surface area contributed by atoms with Crippen molar-refractivity contribution < 1.29 is 0 Å². The Labute approximate surface area is 191 Å². The monoisotopic (exact) mass is 505 g/mol. The van der Waals surface area contributed by atoms with Crippen LogP contribution in [0.2, 0.25) is 0 Å². The molecule has 3 aromatic rings. The number of hydrogen-bond acceptors (Lipinski definition) is 2. The summed E-state index contributed by atoms with van der Waals surface area (Å²) in [6, 6.07) is 17.1. The molecular formula is C23H32IN5. The molecule has 0 radical (unpaired) electrons. The quantitative estimate of drug-likeness (QED) is 0.245. The average Bonchev–Trinajstić information content (AvgIpc) is 3.14. The van der Waals surface area contributed by atoms with Crippen LogP contribution < -0.4 is 10.6 Å². The molecule has 0 saturated heterocycles. The van der Waals surface area contributed by atoms with Crippen molar-refractivity contribution in [2.24, 2.45) is 4.99 Å². The molecule has 0 aliphatic carbocycles. The summed E-state index contributed by atoms with van der Waals surface area (Å²) in [7, 11) is 3.96. The summed E-state index contributed by atoms with van der Waals surface area (Å²) in [5.41, 5.74) is 5.12. The molecular weight excluding hydrogens is 473 g/mol. The Morgan fingerprint density at radius 2 is 1.86 bits per heavy atom. The molecule has 1 aromatic heterocycles. The standard InChI is InChI=1S/C23H31N5.HI/c1-4-28(3)17-19-9-7-8-18(14-19)15-27-23(24-2)25-13-12-20-16-26-22-11-6-5-10-21(20)22;/h5-11,14,16,26H,4,12-13,15,17H2,1-3H3,(H2,24,25,27);1H. The van der Waals surface area contributed by atoms with Gasteiger partial charge in [-0.3, -0.25) is 4.99 Å². The summed E-state index contributed by atoms with van der Waals surface area (Å²) in [6.45, 7) is 5.80. The van der Waals surface area contributed by atoms with Crippen LogP contribution in [0.1, 0.15) is 23.6 Å². The molecule has 3 N–H and O–H groups in total. The first-order valence-electron chi connectivity index (χ1n) is 9.95. The van der Waals surface area contributed by atoms with Gasteiger partial charge in [0.05, 0.1) is 0 Å². The number of hydrogen-bond donors (Lipinski definition) is 3. The van der Waals surface area contributed by atoms with E-state index in [1.54, 1.807) is 0 Å². The van der Waals surface area contributed by atoms with Crippen LogP contribution in [-0.2, 0) is 19.5 Å². The van der Waals surface area contributed by atoms with E-state index in [2.05, 4.69) is 94.2 Å². The molecule has 3 rings (SSSR count). The maximum atomic E-state index is 4.35. The molecule has 0 spiro atoms. The Hall–Kier alpha value is -2.06. The largest absolute Gasteiger partial charge is 0.361 e. The molecule has 1 heterocycles. The third-order valence-corrected chi connectivity index (χ3v) is 5.03. The zero-order valence-corrected chi connectivity index (χ0v) is 19.9. The predicted octanol–water partition coefficient (Wildman–Crippen LogP) is 4.15. The van der Waals surface area contributed by atoms with Gasteiger partial charge in [0.25, 0.3) is 0 Å². The van der Waals surface area contributed by atoms with Crippen molar-refractivity contribution in [3.05, 3.63) is 71.4 Å². The van der Waals surface area contributed by atoms with Gasteiger partial charge in [0, 0.05) is 43.8 Å². The Morgan fingerprint density at radius 3 is 2.66 bits per heavy atom. The highest BCUT2D eigenvalue weighted by Gasteiger charge is 2.04. The molecule has 0 saturated carbocycles. The van der Waals surface area contributed by atoms with Gasteiger partial charge in [-0.2, -0.15) is 0 Å². The number of benzene rings is 2. The van der Waals surface area contributed by atoms with Crippen LogP contribution in [0, 0.1) is 0 Å². The second-order valence-electron chi connectivity index (χ2n) is 7.11. The minimum absolute atomic E-state index is 0. The van der Waals surface area contributed by atoms with Crippen molar-refractivity contribution in [1.82, 2.24) is 20.5 Å². The maximum absolute atomic E-state index is 4.35. The Kier molecular flexibility index (Phi) is 9.47. The summed E-state index contributed by atoms with van der Waals surface area (Å²) >= 11 is 0. The molecule has 0 unspecified atom stereocenters. The second-order valence-corrected chi connectivity index (χ2v) is 7.11. The number of para-hydroxylation sites is 1. The minimum atomic E-state index is 0. The highest BCUT2D eigenvalue weighted by atomic mass is 127. The van der Waals surface area contributed by atoms with Crippen molar-refractivity contribution in [2.45, 2.75) is 26.4 Å². The minimum Gasteiger partial charge on any atom is -0.361 e. The number of aliphatic imine (C=N–C) groups is 1. The molecule has 156 valence electrons. The first kappa shape index (κ1) is 23.2. The van der Waals surface area contributed by atoms with Crippen LogP contribution >= 0.6 is 24.0 Å². The summed E-state index contributed by atoms with van der Waals surface area (Å²) in [4.78, 5) is 9.98. The SMILES string of the molecule is CCN(C)Cc1cccc(CNC(=NC)NCCc2c[nH]c3ccccc23)c1.I. The lowest BCUT2D eigenvalue weighted by atomic mass is 10.1. The molecule has 5 nitrogen and oxygen atoms in total. The third-order valence-electron chi connectivity index (χ3n) is 5.03. The molecule has 29 heavy (non-hydrogen) atoms. The number of halogens is 1. The number of aromatic nitrogens is 1. The lowest BCUT2D eigenvalue weighted by Gasteiger charge is -2.15. The lowest BCUT2D eigenvalue weighted by Crippen LogP contribution is -2.37. The molecule has 0 atom stereocenters. The molecule has 0 aliphatic heterocycles. The van der Waals surface area contributed by atoms with Gasteiger partial charge in [-0.05, 0) is 42.8 Å². The van der Waals surface area contributed by atoms with Crippen molar-refractivity contribution >= 4 is 40.8 Å². The van der Waals surface area contributed by atoms with Gasteiger partial charge in [-0.15, -0.1) is 24.0 Å². The van der Waals surface area contributed by atoms with Crippen LogP contribution in [0.3, 0.4) is 0 Å². The molecule has 2 aromatic carbocycles. The number of H-pyrrole nitrogens is 1. The van der Waals surface area contributed by atoms with E-state index in [9.17, 15) is 0 Å². The highest BCUT2D eigenvalue weighted by molar-refractivity contribution is 14.0. The van der Waals surface area contributed by atoms with E-state index >= 15 is 0 Å². The van der Waals surface area contributed by atoms with Crippen LogP contribution in [0.5, 0.6) is 0 Å². The van der Waals surface area contributed by atoms with Crippen molar-refractivity contribution in [2.75, 3.05) is 27.2 Å². The van der Waals surface area contributed by atoms with E-state index in [1.165, 1.54) is 27.6 Å². The fraction of sp³-hybridized carbons (Fsp3) is 0.348. The zero-order chi connectivity index (χ0) is 19.8. The van der Waals surface area contributed by atoms with Gasteiger partial charge in [-0.1, -0.05) is 49.4 Å². The summed E-state index contributed by atoms with van der Waals surface area (Å²) in [5, 5.41) is 8.12. The zero-order valence-electron chi connectivity index (χ0n) is 17.5. The molecule has 0 fully saturated rings. The van der Waals surface area contributed by atoms with Gasteiger partial charge in [0.2, 0.25) is 0 Å². The average molecular weight is 505 g/mol. The van der Waals surface area contributed by atoms with Gasteiger partial charge in [-0.25, -0.2) is 0 Å². The molecule has 0 aliphatic rings. The molecule has 0 amide bonds. The van der Waals surface area contributed by atoms with Crippen LogP contribution in [0.15, 0.2) is 59.7 Å². The number of nitrogens with zero attached hydrogens (tertiary/aromatic N) is 2. The summed E-state index contributed by atoms with van der Waals surface area (Å²) in [5.74, 6) is 0.830.